The third-order valence-corrected chi connectivity index (χ3v) is 3.84. The molecule has 0 spiro atoms. The van der Waals surface area contributed by atoms with Gasteiger partial charge < -0.3 is 9.05 Å². The highest BCUT2D eigenvalue weighted by Crippen LogP contribution is 2.44. The second-order valence-corrected chi connectivity index (χ2v) is 5.29. The van der Waals surface area contributed by atoms with Crippen molar-refractivity contribution in [1.29, 1.82) is 5.26 Å². The molecule has 0 radical (unpaired) electrons. The Morgan fingerprint density at radius 2 is 1.80 bits per heavy atom. The zero-order valence-electron chi connectivity index (χ0n) is 10.2. The van der Waals surface area contributed by atoms with Crippen LogP contribution in [0.2, 0.25) is 0 Å². The molecular weight excluding hydrogens is 211 g/mol. The van der Waals surface area contributed by atoms with Crippen molar-refractivity contribution in [1.82, 2.24) is 4.67 Å². The van der Waals surface area contributed by atoms with Crippen LogP contribution in [0, 0.1) is 11.3 Å². The molecule has 0 N–H and O–H groups in total. The summed E-state index contributed by atoms with van der Waals surface area (Å²) in [6.45, 7) is 8.89. The zero-order chi connectivity index (χ0) is 11.8. The Bertz CT molecular complexity index is 196. The third kappa shape index (κ3) is 5.44. The van der Waals surface area contributed by atoms with Gasteiger partial charge in [-0.2, -0.15) is 5.26 Å². The Hall–Kier alpha value is -0.200. The molecule has 0 saturated heterocycles. The topological polar surface area (TPSA) is 45.5 Å². The maximum atomic E-state index is 8.43. The summed E-state index contributed by atoms with van der Waals surface area (Å²) in [5, 5.41) is 8.43. The van der Waals surface area contributed by atoms with E-state index in [2.05, 4.69) is 38.4 Å². The van der Waals surface area contributed by atoms with E-state index in [1.165, 1.54) is 0 Å². The van der Waals surface area contributed by atoms with Crippen molar-refractivity contribution in [3.05, 3.63) is 0 Å². The van der Waals surface area contributed by atoms with Crippen molar-refractivity contribution in [2.45, 2.75) is 46.2 Å². The lowest BCUT2D eigenvalue weighted by Crippen LogP contribution is -2.33. The van der Waals surface area contributed by atoms with Crippen molar-refractivity contribution < 1.29 is 9.05 Å². The smallest absolute Gasteiger partial charge is 0.258 e. The van der Waals surface area contributed by atoms with Crippen LogP contribution in [0.3, 0.4) is 0 Å². The minimum atomic E-state index is -1.03. The molecular formula is C10H21N2O2P. The Morgan fingerprint density at radius 1 is 1.27 bits per heavy atom. The van der Waals surface area contributed by atoms with Gasteiger partial charge in [0.1, 0.15) is 0 Å². The normalized spacial score (nSPS) is 13.5. The minimum absolute atomic E-state index is 0.373. The summed E-state index contributed by atoms with van der Waals surface area (Å²) in [7, 11) is 0.618. The summed E-state index contributed by atoms with van der Waals surface area (Å²) >= 11 is 0. The second kappa shape index (κ2) is 8.01. The van der Waals surface area contributed by atoms with Crippen LogP contribution in [0.5, 0.6) is 0 Å². The Labute approximate surface area is 94.1 Å². The number of hydrogen-bond donors (Lipinski definition) is 0. The van der Waals surface area contributed by atoms with Gasteiger partial charge in [-0.25, -0.2) is 4.67 Å². The molecule has 0 saturated carbocycles. The molecule has 0 fully saturated rings. The van der Waals surface area contributed by atoms with Gasteiger partial charge in [0, 0.05) is 19.2 Å². The van der Waals surface area contributed by atoms with E-state index in [1.807, 2.05) is 0 Å². The number of rotatable bonds is 7. The summed E-state index contributed by atoms with van der Waals surface area (Å²) in [5.74, 6) is 0. The monoisotopic (exact) mass is 232 g/mol. The zero-order valence-corrected chi connectivity index (χ0v) is 11.1. The Morgan fingerprint density at radius 3 is 2.13 bits per heavy atom. The van der Waals surface area contributed by atoms with E-state index in [0.29, 0.717) is 25.1 Å². The van der Waals surface area contributed by atoms with Crippen molar-refractivity contribution in [2.75, 3.05) is 13.7 Å². The van der Waals surface area contributed by atoms with E-state index in [9.17, 15) is 0 Å². The number of hydrogen-bond acceptors (Lipinski definition) is 4. The van der Waals surface area contributed by atoms with Gasteiger partial charge in [-0.15, -0.1) is 0 Å². The first kappa shape index (κ1) is 14.8. The highest BCUT2D eigenvalue weighted by Gasteiger charge is 2.25. The molecule has 0 aliphatic heterocycles. The van der Waals surface area contributed by atoms with Crippen LogP contribution in [0.15, 0.2) is 0 Å². The van der Waals surface area contributed by atoms with Gasteiger partial charge in [0.25, 0.3) is 8.53 Å². The van der Waals surface area contributed by atoms with Crippen molar-refractivity contribution in [3.8, 4) is 6.07 Å². The molecule has 0 amide bonds. The van der Waals surface area contributed by atoms with Crippen LogP contribution < -0.4 is 0 Å². The molecule has 1 unspecified atom stereocenters. The summed E-state index contributed by atoms with van der Waals surface area (Å²) in [6.07, 6.45) is 0.409. The van der Waals surface area contributed by atoms with E-state index in [0.717, 1.165) is 0 Å². The fourth-order valence-corrected chi connectivity index (χ4v) is 2.79. The first-order valence-corrected chi connectivity index (χ1v) is 6.30. The molecule has 0 rings (SSSR count). The first-order valence-electron chi connectivity index (χ1n) is 5.17. The van der Waals surface area contributed by atoms with Crippen molar-refractivity contribution >= 4 is 8.53 Å². The van der Waals surface area contributed by atoms with Crippen molar-refractivity contribution in [3.63, 3.8) is 0 Å². The van der Waals surface area contributed by atoms with Gasteiger partial charge >= 0.3 is 0 Å². The van der Waals surface area contributed by atoms with E-state index in [-0.39, 0.29) is 0 Å². The van der Waals surface area contributed by atoms with Crippen LogP contribution >= 0.6 is 8.53 Å². The lowest BCUT2D eigenvalue weighted by atomic mass is 10.3. The molecule has 1 atom stereocenters. The van der Waals surface area contributed by atoms with Crippen LogP contribution in [0.1, 0.15) is 34.1 Å². The SMILES string of the molecule is COP(OCCC#N)N(C(C)C)C(C)C. The predicted molar refractivity (Wildman–Crippen MR) is 62.2 cm³/mol. The van der Waals surface area contributed by atoms with Crippen LogP contribution in [-0.2, 0) is 9.05 Å². The summed E-state index contributed by atoms with van der Waals surface area (Å²) in [5.41, 5.74) is 0. The minimum Gasteiger partial charge on any atom is -0.325 e. The van der Waals surface area contributed by atoms with Crippen molar-refractivity contribution in [2.24, 2.45) is 0 Å². The molecule has 0 aliphatic carbocycles. The third-order valence-electron chi connectivity index (χ3n) is 1.82. The molecule has 0 aliphatic rings. The predicted octanol–water partition coefficient (Wildman–Crippen LogP) is 2.91. The molecule has 0 heterocycles. The average molecular weight is 232 g/mol. The first-order chi connectivity index (χ1) is 7.04. The van der Waals surface area contributed by atoms with Gasteiger partial charge in [-0.05, 0) is 27.7 Å². The fourth-order valence-electron chi connectivity index (χ4n) is 1.36. The molecule has 0 bridgehead atoms. The van der Waals surface area contributed by atoms with E-state index >= 15 is 0 Å². The van der Waals surface area contributed by atoms with Crippen LogP contribution in [-0.4, -0.2) is 30.5 Å². The molecule has 88 valence electrons. The molecule has 0 aromatic heterocycles. The van der Waals surface area contributed by atoms with Gasteiger partial charge in [0.15, 0.2) is 0 Å². The number of nitriles is 1. The maximum absolute atomic E-state index is 8.43. The van der Waals surface area contributed by atoms with Crippen LogP contribution in [0.4, 0.5) is 0 Å². The van der Waals surface area contributed by atoms with Crippen LogP contribution in [0.25, 0.3) is 0 Å². The van der Waals surface area contributed by atoms with Gasteiger partial charge in [0.05, 0.1) is 19.1 Å². The summed E-state index contributed by atoms with van der Waals surface area (Å²) < 4.78 is 13.1. The standard InChI is InChI=1S/C10H21N2O2P/c1-9(2)12(10(3)4)15(13-5)14-8-6-7-11/h9-10H,6,8H2,1-5H3. The molecule has 15 heavy (non-hydrogen) atoms. The molecule has 5 heteroatoms. The lowest BCUT2D eigenvalue weighted by molar-refractivity contribution is 0.197. The van der Waals surface area contributed by atoms with Gasteiger partial charge in [0.2, 0.25) is 0 Å². The Kier molecular flexibility index (Phi) is 7.90. The molecule has 0 aromatic carbocycles. The second-order valence-electron chi connectivity index (χ2n) is 3.73. The highest BCUT2D eigenvalue weighted by atomic mass is 31.2. The van der Waals surface area contributed by atoms with E-state index < -0.39 is 8.53 Å². The quantitative estimate of drug-likeness (QED) is 0.500. The largest absolute Gasteiger partial charge is 0.325 e. The summed E-state index contributed by atoms with van der Waals surface area (Å²) in [4.78, 5) is 0. The number of nitrogens with zero attached hydrogens (tertiary/aromatic N) is 2. The lowest BCUT2D eigenvalue weighted by Gasteiger charge is -2.34. The molecule has 4 nitrogen and oxygen atoms in total. The maximum Gasteiger partial charge on any atom is 0.258 e. The highest BCUT2D eigenvalue weighted by molar-refractivity contribution is 7.44. The molecule has 0 aromatic rings. The van der Waals surface area contributed by atoms with E-state index in [4.69, 9.17) is 14.3 Å². The van der Waals surface area contributed by atoms with Gasteiger partial charge in [-0.3, -0.25) is 0 Å². The van der Waals surface area contributed by atoms with Gasteiger partial charge in [-0.1, -0.05) is 0 Å². The Balaban J connectivity index is 4.27. The average Bonchev–Trinajstić information content (AvgIpc) is 2.15. The summed E-state index contributed by atoms with van der Waals surface area (Å²) in [6, 6.07) is 2.80. The fraction of sp³-hybridized carbons (Fsp3) is 0.900. The van der Waals surface area contributed by atoms with E-state index in [1.54, 1.807) is 7.11 Å².